The second-order valence-electron chi connectivity index (χ2n) is 3.27. The van der Waals surface area contributed by atoms with E-state index in [4.69, 9.17) is 5.73 Å². The van der Waals surface area contributed by atoms with E-state index in [9.17, 15) is 26.0 Å². The Hall–Kier alpha value is -1.55. The van der Waals surface area contributed by atoms with Crippen molar-refractivity contribution in [3.8, 4) is 0 Å². The molecule has 0 heterocycles. The van der Waals surface area contributed by atoms with Gasteiger partial charge < -0.3 is 5.73 Å². The first kappa shape index (κ1) is 14.5. The minimum atomic E-state index is -4.69. The zero-order chi connectivity index (χ0) is 14.0. The van der Waals surface area contributed by atoms with Crippen LogP contribution >= 0.6 is 0 Å². The van der Waals surface area contributed by atoms with Crippen molar-refractivity contribution in [3.63, 3.8) is 0 Å². The number of hydrogen-bond acceptors (Lipinski definition) is 3. The molecule has 0 bridgehead atoms. The normalized spacial score (nSPS) is 12.4. The molecule has 0 fully saturated rings. The summed E-state index contributed by atoms with van der Waals surface area (Å²) in [5.74, 6) is -0.780. The Morgan fingerprint density at radius 3 is 2.44 bits per heavy atom. The summed E-state index contributed by atoms with van der Waals surface area (Å²) in [7, 11) is -4.47. The summed E-state index contributed by atoms with van der Waals surface area (Å²) in [4.78, 5) is 0. The van der Waals surface area contributed by atoms with Gasteiger partial charge in [-0.15, -0.1) is 0 Å². The van der Waals surface area contributed by atoms with Crippen LogP contribution in [-0.2, 0) is 10.2 Å². The van der Waals surface area contributed by atoms with Crippen LogP contribution in [0.5, 0.6) is 0 Å². The minimum absolute atomic E-state index is 0.117. The van der Waals surface area contributed by atoms with Gasteiger partial charge in [0.15, 0.2) is 0 Å². The zero-order valence-electron chi connectivity index (χ0n) is 8.75. The minimum Gasteiger partial charge on any atom is -0.397 e. The van der Waals surface area contributed by atoms with Crippen LogP contribution in [0, 0.1) is 5.82 Å². The fraction of sp³-hybridized carbons (Fsp3) is 0.250. The maximum atomic E-state index is 12.8. The van der Waals surface area contributed by atoms with Crippen LogP contribution in [-0.4, -0.2) is 21.1 Å². The van der Waals surface area contributed by atoms with Gasteiger partial charge in [0.05, 0.1) is 11.4 Å². The van der Waals surface area contributed by atoms with Gasteiger partial charge in [0.2, 0.25) is 0 Å². The number of hydrogen-bond donors (Lipinski definition) is 3. The van der Waals surface area contributed by atoms with Gasteiger partial charge >= 0.3 is 6.18 Å². The molecule has 102 valence electrons. The molecule has 0 radical (unpaired) electrons. The predicted molar refractivity (Wildman–Crippen MR) is 57.4 cm³/mol. The molecule has 0 aliphatic rings. The standard InChI is InChI=1S/C8H9F4N3O2S/c9-5-1-2-6(13)7(3-5)15-18(16,17)14-4-8(10,11)12/h1-3,14-15H,4,13H2. The first-order valence-electron chi connectivity index (χ1n) is 4.48. The van der Waals surface area contributed by atoms with E-state index in [2.05, 4.69) is 0 Å². The molecule has 0 aromatic heterocycles. The Bertz CT molecular complexity index is 530. The van der Waals surface area contributed by atoms with E-state index in [1.165, 1.54) is 4.72 Å². The highest BCUT2D eigenvalue weighted by atomic mass is 32.2. The fourth-order valence-electron chi connectivity index (χ4n) is 0.975. The summed E-state index contributed by atoms with van der Waals surface area (Å²) in [5, 5.41) is 0. The molecular formula is C8H9F4N3O2S. The van der Waals surface area contributed by atoms with Crippen molar-refractivity contribution in [2.24, 2.45) is 0 Å². The Labute approximate surface area is 100 Å². The molecule has 1 aromatic rings. The van der Waals surface area contributed by atoms with Gasteiger partial charge in [0.25, 0.3) is 10.2 Å². The molecule has 0 amide bonds. The van der Waals surface area contributed by atoms with Gasteiger partial charge in [-0.25, -0.2) is 4.39 Å². The maximum absolute atomic E-state index is 12.8. The molecule has 0 aliphatic carbocycles. The van der Waals surface area contributed by atoms with Crippen LogP contribution in [0.25, 0.3) is 0 Å². The predicted octanol–water partition coefficient (Wildman–Crippen LogP) is 1.22. The largest absolute Gasteiger partial charge is 0.402 e. The van der Waals surface area contributed by atoms with Crippen molar-refractivity contribution in [3.05, 3.63) is 24.0 Å². The van der Waals surface area contributed by atoms with Crippen molar-refractivity contribution in [1.29, 1.82) is 0 Å². The zero-order valence-corrected chi connectivity index (χ0v) is 9.57. The molecule has 18 heavy (non-hydrogen) atoms. The molecule has 0 saturated heterocycles. The van der Waals surface area contributed by atoms with Gasteiger partial charge in [-0.2, -0.15) is 26.3 Å². The molecule has 0 atom stereocenters. The SMILES string of the molecule is Nc1ccc(F)cc1NS(=O)(=O)NCC(F)(F)F. The lowest BCUT2D eigenvalue weighted by Crippen LogP contribution is -2.37. The van der Waals surface area contributed by atoms with Crippen molar-refractivity contribution in [2.45, 2.75) is 6.18 Å². The summed E-state index contributed by atoms with van der Waals surface area (Å²) in [6.45, 7) is -1.74. The number of anilines is 2. The Morgan fingerprint density at radius 1 is 1.28 bits per heavy atom. The van der Waals surface area contributed by atoms with E-state index in [-0.39, 0.29) is 11.4 Å². The van der Waals surface area contributed by atoms with E-state index in [1.54, 1.807) is 4.72 Å². The first-order chi connectivity index (χ1) is 8.09. The molecule has 0 saturated carbocycles. The summed E-state index contributed by atoms with van der Waals surface area (Å²) in [6, 6.07) is 2.81. The number of nitrogens with two attached hydrogens (primary N) is 1. The van der Waals surface area contributed by atoms with E-state index >= 15 is 0 Å². The second kappa shape index (κ2) is 4.98. The van der Waals surface area contributed by atoms with Gasteiger partial charge in [0.1, 0.15) is 12.4 Å². The molecule has 0 aliphatic heterocycles. The Morgan fingerprint density at radius 2 is 1.89 bits per heavy atom. The molecule has 5 nitrogen and oxygen atoms in total. The lowest BCUT2D eigenvalue weighted by Gasteiger charge is -2.12. The number of rotatable bonds is 4. The van der Waals surface area contributed by atoms with Crippen LogP contribution in [0.1, 0.15) is 0 Å². The molecule has 0 spiro atoms. The third-order valence-corrected chi connectivity index (χ3v) is 2.74. The van der Waals surface area contributed by atoms with Crippen LogP contribution in [0.4, 0.5) is 28.9 Å². The third kappa shape index (κ3) is 4.75. The van der Waals surface area contributed by atoms with Crippen LogP contribution in [0.15, 0.2) is 18.2 Å². The number of nitrogens with one attached hydrogen (secondary N) is 2. The van der Waals surface area contributed by atoms with Crippen LogP contribution in [0.3, 0.4) is 0 Å². The third-order valence-electron chi connectivity index (χ3n) is 1.72. The maximum Gasteiger partial charge on any atom is 0.402 e. The van der Waals surface area contributed by atoms with E-state index in [0.29, 0.717) is 0 Å². The lowest BCUT2D eigenvalue weighted by molar-refractivity contribution is -0.121. The topological polar surface area (TPSA) is 84.2 Å². The molecule has 4 N–H and O–H groups in total. The summed E-state index contributed by atoms with van der Waals surface area (Å²) < 4.78 is 73.7. The highest BCUT2D eigenvalue weighted by Gasteiger charge is 2.29. The molecule has 1 aromatic carbocycles. The smallest absolute Gasteiger partial charge is 0.397 e. The van der Waals surface area contributed by atoms with Gasteiger partial charge in [-0.05, 0) is 12.1 Å². The molecule has 0 unspecified atom stereocenters. The van der Waals surface area contributed by atoms with Crippen molar-refractivity contribution in [2.75, 3.05) is 17.0 Å². The first-order valence-corrected chi connectivity index (χ1v) is 5.96. The van der Waals surface area contributed by atoms with Crippen LogP contribution in [0.2, 0.25) is 0 Å². The monoisotopic (exact) mass is 287 g/mol. The molecule has 1 rings (SSSR count). The number of alkyl halides is 3. The second-order valence-corrected chi connectivity index (χ2v) is 4.77. The highest BCUT2D eigenvalue weighted by molar-refractivity contribution is 7.90. The number of halogens is 4. The lowest BCUT2D eigenvalue weighted by atomic mass is 10.3. The fourth-order valence-corrected chi connectivity index (χ4v) is 1.87. The van der Waals surface area contributed by atoms with Crippen LogP contribution < -0.4 is 15.2 Å². The van der Waals surface area contributed by atoms with E-state index in [0.717, 1.165) is 18.2 Å². The Kier molecular flexibility index (Phi) is 4.02. The summed E-state index contributed by atoms with van der Waals surface area (Å²) in [6.07, 6.45) is -4.69. The number of benzene rings is 1. The molecule has 10 heteroatoms. The average molecular weight is 287 g/mol. The van der Waals surface area contributed by atoms with E-state index in [1.807, 2.05) is 0 Å². The number of nitrogen functional groups attached to an aromatic ring is 1. The highest BCUT2D eigenvalue weighted by Crippen LogP contribution is 2.20. The van der Waals surface area contributed by atoms with Crippen molar-refractivity contribution in [1.82, 2.24) is 4.72 Å². The van der Waals surface area contributed by atoms with Gasteiger partial charge in [-0.3, -0.25) is 4.72 Å². The quantitative estimate of drug-likeness (QED) is 0.575. The van der Waals surface area contributed by atoms with Gasteiger partial charge in [-0.1, -0.05) is 0 Å². The summed E-state index contributed by atoms with van der Waals surface area (Å²) >= 11 is 0. The van der Waals surface area contributed by atoms with Crippen molar-refractivity contribution >= 4 is 21.6 Å². The summed E-state index contributed by atoms with van der Waals surface area (Å²) in [5.41, 5.74) is 4.88. The van der Waals surface area contributed by atoms with E-state index < -0.39 is 28.7 Å². The molecular weight excluding hydrogens is 278 g/mol. The van der Waals surface area contributed by atoms with Crippen molar-refractivity contribution < 1.29 is 26.0 Å². The average Bonchev–Trinajstić information content (AvgIpc) is 2.20. The van der Waals surface area contributed by atoms with Gasteiger partial charge in [0, 0.05) is 6.07 Å². The Balaban J connectivity index is 2.80.